The van der Waals surface area contributed by atoms with Gasteiger partial charge < -0.3 is 15.1 Å². The van der Waals surface area contributed by atoms with Crippen LogP contribution in [0.15, 0.2) is 24.3 Å². The molecular weight excluding hydrogens is 364 g/mol. The van der Waals surface area contributed by atoms with Gasteiger partial charge in [-0.3, -0.25) is 14.5 Å². The second-order valence-electron chi connectivity index (χ2n) is 7.83. The van der Waals surface area contributed by atoms with E-state index in [0.717, 1.165) is 51.3 Å². The van der Waals surface area contributed by atoms with E-state index in [1.54, 1.807) is 11.9 Å². The molecule has 3 heterocycles. The molecule has 3 fully saturated rings. The molecule has 3 atom stereocenters. The van der Waals surface area contributed by atoms with Crippen LogP contribution < -0.4 is 5.32 Å². The Morgan fingerprint density at radius 1 is 1.22 bits per heavy atom. The fourth-order valence-electron chi connectivity index (χ4n) is 4.76. The molecule has 7 heteroatoms. The van der Waals surface area contributed by atoms with Gasteiger partial charge in [-0.25, -0.2) is 0 Å². The van der Waals surface area contributed by atoms with Gasteiger partial charge in [-0.15, -0.1) is 0 Å². The van der Waals surface area contributed by atoms with Crippen LogP contribution in [0.1, 0.15) is 24.4 Å². The van der Waals surface area contributed by atoms with E-state index in [-0.39, 0.29) is 30.2 Å². The van der Waals surface area contributed by atoms with E-state index in [9.17, 15) is 9.59 Å². The van der Waals surface area contributed by atoms with Crippen LogP contribution in [0, 0.1) is 5.92 Å². The molecule has 27 heavy (non-hydrogen) atoms. The second-order valence-corrected chi connectivity index (χ2v) is 8.26. The number of nitrogens with one attached hydrogen (secondary N) is 1. The molecule has 4 rings (SSSR count). The van der Waals surface area contributed by atoms with Crippen LogP contribution in [0.2, 0.25) is 5.02 Å². The quantitative estimate of drug-likeness (QED) is 0.846. The topological polar surface area (TPSA) is 55.9 Å². The molecule has 0 bridgehead atoms. The Balaban J connectivity index is 1.49. The maximum absolute atomic E-state index is 13.3. The first kappa shape index (κ1) is 18.7. The lowest BCUT2D eigenvalue weighted by molar-refractivity contribution is -0.135. The van der Waals surface area contributed by atoms with E-state index >= 15 is 0 Å². The molecule has 3 aliphatic rings. The highest BCUT2D eigenvalue weighted by atomic mass is 35.5. The first-order valence-corrected chi connectivity index (χ1v) is 10.2. The molecule has 1 N–H and O–H groups in total. The van der Waals surface area contributed by atoms with Crippen LogP contribution in [0.25, 0.3) is 0 Å². The lowest BCUT2D eigenvalue weighted by atomic mass is 9.92. The Bertz CT molecular complexity index is 722. The molecule has 1 aromatic carbocycles. The van der Waals surface area contributed by atoms with Gasteiger partial charge >= 0.3 is 0 Å². The van der Waals surface area contributed by atoms with Crippen molar-refractivity contribution in [3.8, 4) is 0 Å². The SMILES string of the molecule is CN1C(=O)CC(C(=O)N2CCC(N3CCNCC3)C2)C1c1cccc(Cl)c1. The number of carbonyl (C=O) groups is 2. The molecule has 0 saturated carbocycles. The highest BCUT2D eigenvalue weighted by Gasteiger charge is 2.45. The summed E-state index contributed by atoms with van der Waals surface area (Å²) in [5.74, 6) is -0.200. The summed E-state index contributed by atoms with van der Waals surface area (Å²) in [6.45, 7) is 5.68. The van der Waals surface area contributed by atoms with Crippen molar-refractivity contribution in [1.82, 2.24) is 20.0 Å². The lowest BCUT2D eigenvalue weighted by Gasteiger charge is -2.33. The summed E-state index contributed by atoms with van der Waals surface area (Å²) in [6.07, 6.45) is 1.30. The molecule has 146 valence electrons. The van der Waals surface area contributed by atoms with Gasteiger partial charge in [0.1, 0.15) is 0 Å². The molecule has 1 aromatic rings. The van der Waals surface area contributed by atoms with Crippen molar-refractivity contribution in [2.24, 2.45) is 5.92 Å². The zero-order valence-corrected chi connectivity index (χ0v) is 16.5. The Hall–Kier alpha value is -1.63. The normalized spacial score (nSPS) is 29.6. The molecule has 2 amide bonds. The number of carbonyl (C=O) groups excluding carboxylic acids is 2. The van der Waals surface area contributed by atoms with Crippen LogP contribution in [-0.2, 0) is 9.59 Å². The van der Waals surface area contributed by atoms with Crippen molar-refractivity contribution in [3.05, 3.63) is 34.9 Å². The third-order valence-electron chi connectivity index (χ3n) is 6.24. The molecule has 6 nitrogen and oxygen atoms in total. The second kappa shape index (κ2) is 7.78. The van der Waals surface area contributed by atoms with E-state index in [1.165, 1.54) is 0 Å². The highest BCUT2D eigenvalue weighted by molar-refractivity contribution is 6.30. The summed E-state index contributed by atoms with van der Waals surface area (Å²) in [5, 5.41) is 4.01. The third kappa shape index (κ3) is 3.71. The number of amides is 2. The number of hydrogen-bond acceptors (Lipinski definition) is 4. The zero-order chi connectivity index (χ0) is 19.0. The van der Waals surface area contributed by atoms with E-state index < -0.39 is 0 Å². The smallest absolute Gasteiger partial charge is 0.228 e. The molecule has 3 unspecified atom stereocenters. The average molecular weight is 391 g/mol. The molecule has 0 spiro atoms. The number of nitrogens with zero attached hydrogens (tertiary/aromatic N) is 3. The maximum atomic E-state index is 13.3. The third-order valence-corrected chi connectivity index (χ3v) is 6.47. The van der Waals surface area contributed by atoms with E-state index in [2.05, 4.69) is 10.2 Å². The first-order chi connectivity index (χ1) is 13.0. The number of halogens is 1. The van der Waals surface area contributed by atoms with Gasteiger partial charge in [-0.05, 0) is 24.1 Å². The Labute approximate surface area is 165 Å². The average Bonchev–Trinajstić information content (AvgIpc) is 3.28. The molecule has 0 aliphatic carbocycles. The number of benzene rings is 1. The summed E-state index contributed by atoms with van der Waals surface area (Å²) in [4.78, 5) is 31.9. The summed E-state index contributed by atoms with van der Waals surface area (Å²) in [7, 11) is 1.79. The maximum Gasteiger partial charge on any atom is 0.228 e. The van der Waals surface area contributed by atoms with Gasteiger partial charge in [0, 0.05) is 63.8 Å². The number of rotatable bonds is 3. The number of likely N-dealkylation sites (tertiary alicyclic amines) is 2. The standard InChI is InChI=1S/C20H27ClN4O2/c1-23-18(26)12-17(19(23)14-3-2-4-15(21)11-14)20(27)25-8-5-16(13-25)24-9-6-22-7-10-24/h2-4,11,16-17,19,22H,5-10,12-13H2,1H3. The van der Waals surface area contributed by atoms with E-state index in [0.29, 0.717) is 11.1 Å². The minimum atomic E-state index is -0.331. The van der Waals surface area contributed by atoms with Gasteiger partial charge in [-0.2, -0.15) is 0 Å². The fourth-order valence-corrected chi connectivity index (χ4v) is 4.96. The lowest BCUT2D eigenvalue weighted by Crippen LogP contribution is -2.49. The summed E-state index contributed by atoms with van der Waals surface area (Å²) < 4.78 is 0. The van der Waals surface area contributed by atoms with Gasteiger partial charge in [0.2, 0.25) is 11.8 Å². The Kier molecular flexibility index (Phi) is 5.39. The van der Waals surface area contributed by atoms with Gasteiger partial charge in [-0.1, -0.05) is 23.7 Å². The van der Waals surface area contributed by atoms with Crippen molar-refractivity contribution in [2.45, 2.75) is 24.9 Å². The van der Waals surface area contributed by atoms with Gasteiger partial charge in [0.25, 0.3) is 0 Å². The van der Waals surface area contributed by atoms with Gasteiger partial charge in [0.05, 0.1) is 12.0 Å². The molecule has 0 radical (unpaired) electrons. The predicted octanol–water partition coefficient (Wildman–Crippen LogP) is 1.37. The molecule has 3 saturated heterocycles. The zero-order valence-electron chi connectivity index (χ0n) is 15.7. The summed E-state index contributed by atoms with van der Waals surface area (Å²) >= 11 is 6.16. The number of piperazine rings is 1. The summed E-state index contributed by atoms with van der Waals surface area (Å²) in [5.41, 5.74) is 0.937. The van der Waals surface area contributed by atoms with Crippen LogP contribution in [0.5, 0.6) is 0 Å². The fraction of sp³-hybridized carbons (Fsp3) is 0.600. The summed E-state index contributed by atoms with van der Waals surface area (Å²) in [6, 6.07) is 7.73. The van der Waals surface area contributed by atoms with Crippen LogP contribution >= 0.6 is 11.6 Å². The van der Waals surface area contributed by atoms with Crippen molar-refractivity contribution in [1.29, 1.82) is 0 Å². The Morgan fingerprint density at radius 3 is 2.74 bits per heavy atom. The number of hydrogen-bond donors (Lipinski definition) is 1. The van der Waals surface area contributed by atoms with Crippen molar-refractivity contribution in [2.75, 3.05) is 46.3 Å². The van der Waals surface area contributed by atoms with Crippen molar-refractivity contribution < 1.29 is 9.59 Å². The first-order valence-electron chi connectivity index (χ1n) is 9.79. The van der Waals surface area contributed by atoms with Crippen LogP contribution in [-0.4, -0.2) is 78.9 Å². The van der Waals surface area contributed by atoms with Crippen LogP contribution in [0.3, 0.4) is 0 Å². The highest BCUT2D eigenvalue weighted by Crippen LogP contribution is 2.39. The monoisotopic (exact) mass is 390 g/mol. The largest absolute Gasteiger partial charge is 0.341 e. The van der Waals surface area contributed by atoms with E-state index in [4.69, 9.17) is 11.6 Å². The van der Waals surface area contributed by atoms with E-state index in [1.807, 2.05) is 29.2 Å². The minimum Gasteiger partial charge on any atom is -0.341 e. The Morgan fingerprint density at radius 2 is 2.00 bits per heavy atom. The molecular formula is C20H27ClN4O2. The van der Waals surface area contributed by atoms with Crippen LogP contribution in [0.4, 0.5) is 0 Å². The molecule has 3 aliphatic heterocycles. The predicted molar refractivity (Wildman–Crippen MR) is 104 cm³/mol. The van der Waals surface area contributed by atoms with Crippen molar-refractivity contribution >= 4 is 23.4 Å². The molecule has 0 aromatic heterocycles. The minimum absolute atomic E-state index is 0.0242. The van der Waals surface area contributed by atoms with Crippen molar-refractivity contribution in [3.63, 3.8) is 0 Å². The van der Waals surface area contributed by atoms with Gasteiger partial charge in [0.15, 0.2) is 0 Å².